The van der Waals surface area contributed by atoms with Crippen LogP contribution in [0.15, 0.2) is 54.6 Å². The van der Waals surface area contributed by atoms with Crippen LogP contribution in [-0.2, 0) is 4.79 Å². The normalized spacial score (nSPS) is 22.0. The van der Waals surface area contributed by atoms with Crippen molar-refractivity contribution in [2.45, 2.75) is 31.7 Å². The lowest BCUT2D eigenvalue weighted by Gasteiger charge is -2.39. The lowest BCUT2D eigenvalue weighted by atomic mass is 9.87. The number of hydrogen-bond donors (Lipinski definition) is 1. The maximum Gasteiger partial charge on any atom is 0.254 e. The Hall–Kier alpha value is -2.69. The number of benzene rings is 2. The minimum Gasteiger partial charge on any atom is -0.356 e. The van der Waals surface area contributed by atoms with E-state index < -0.39 is 0 Å². The van der Waals surface area contributed by atoms with Gasteiger partial charge in [-0.05, 0) is 61.4 Å². The van der Waals surface area contributed by atoms with Gasteiger partial charge in [0.05, 0.1) is 12.0 Å². The predicted molar refractivity (Wildman–Crippen MR) is 105 cm³/mol. The number of piperidine rings is 1. The second-order valence-corrected chi connectivity index (χ2v) is 7.85. The molecule has 1 aliphatic carbocycles. The molecule has 0 aromatic heterocycles. The largest absolute Gasteiger partial charge is 0.356 e. The zero-order valence-corrected chi connectivity index (χ0v) is 15.8. The number of likely N-dealkylation sites (tertiary alicyclic amines) is 1. The summed E-state index contributed by atoms with van der Waals surface area (Å²) >= 11 is 0. The summed E-state index contributed by atoms with van der Waals surface area (Å²) in [6, 6.07) is 15.3. The molecule has 0 spiro atoms. The highest BCUT2D eigenvalue weighted by Crippen LogP contribution is 2.35. The first-order chi connectivity index (χ1) is 13.6. The van der Waals surface area contributed by atoms with Gasteiger partial charge in [0.15, 0.2) is 0 Å². The summed E-state index contributed by atoms with van der Waals surface area (Å²) in [5.74, 6) is 0.0763. The quantitative estimate of drug-likeness (QED) is 0.854. The molecule has 1 N–H and O–H groups in total. The van der Waals surface area contributed by atoms with Crippen molar-refractivity contribution in [3.8, 4) is 0 Å². The van der Waals surface area contributed by atoms with Gasteiger partial charge in [-0.3, -0.25) is 9.59 Å². The molecule has 4 rings (SSSR count). The molecule has 0 radical (unpaired) electrons. The van der Waals surface area contributed by atoms with E-state index in [9.17, 15) is 14.0 Å². The highest BCUT2D eigenvalue weighted by molar-refractivity contribution is 5.95. The lowest BCUT2D eigenvalue weighted by Crippen LogP contribution is -2.47. The molecule has 1 saturated carbocycles. The van der Waals surface area contributed by atoms with Crippen molar-refractivity contribution in [3.63, 3.8) is 0 Å². The minimum atomic E-state index is -0.294. The maximum absolute atomic E-state index is 13.4. The summed E-state index contributed by atoms with van der Waals surface area (Å²) in [5, 5.41) is 3.05. The van der Waals surface area contributed by atoms with E-state index >= 15 is 0 Å². The van der Waals surface area contributed by atoms with Crippen LogP contribution in [-0.4, -0.2) is 29.8 Å². The molecule has 2 aromatic carbocycles. The van der Waals surface area contributed by atoms with Gasteiger partial charge < -0.3 is 10.2 Å². The lowest BCUT2D eigenvalue weighted by molar-refractivity contribution is -0.126. The Bertz CT molecular complexity index is 833. The third-order valence-corrected chi connectivity index (χ3v) is 5.75. The molecule has 2 atom stereocenters. The van der Waals surface area contributed by atoms with E-state index in [4.69, 9.17) is 0 Å². The zero-order chi connectivity index (χ0) is 19.5. The first-order valence-electron chi connectivity index (χ1n) is 10.0. The summed E-state index contributed by atoms with van der Waals surface area (Å²) in [7, 11) is 0. The molecule has 2 unspecified atom stereocenters. The van der Waals surface area contributed by atoms with Crippen LogP contribution in [0, 0.1) is 17.7 Å². The van der Waals surface area contributed by atoms with Crippen LogP contribution in [0.2, 0.25) is 0 Å². The predicted octanol–water partition coefficient (Wildman–Crippen LogP) is 3.95. The van der Waals surface area contributed by atoms with Crippen molar-refractivity contribution in [1.82, 2.24) is 10.2 Å². The number of hydrogen-bond acceptors (Lipinski definition) is 2. The van der Waals surface area contributed by atoms with Crippen LogP contribution in [0.5, 0.6) is 0 Å². The third kappa shape index (κ3) is 4.24. The van der Waals surface area contributed by atoms with E-state index in [0.29, 0.717) is 24.4 Å². The van der Waals surface area contributed by atoms with E-state index in [1.807, 2.05) is 18.2 Å². The molecule has 2 fully saturated rings. The Labute approximate surface area is 164 Å². The first-order valence-corrected chi connectivity index (χ1v) is 10.0. The fourth-order valence-corrected chi connectivity index (χ4v) is 3.90. The number of carbonyl (C=O) groups is 2. The average molecular weight is 380 g/mol. The summed E-state index contributed by atoms with van der Waals surface area (Å²) in [4.78, 5) is 27.6. The Morgan fingerprint density at radius 2 is 1.68 bits per heavy atom. The second kappa shape index (κ2) is 8.13. The number of nitrogens with zero attached hydrogens (tertiary/aromatic N) is 1. The highest BCUT2D eigenvalue weighted by atomic mass is 19.1. The summed E-state index contributed by atoms with van der Waals surface area (Å²) in [6.45, 7) is 1.12. The van der Waals surface area contributed by atoms with Gasteiger partial charge in [0.25, 0.3) is 5.91 Å². The number of rotatable bonds is 5. The zero-order valence-electron chi connectivity index (χ0n) is 15.8. The van der Waals surface area contributed by atoms with Gasteiger partial charge in [0.2, 0.25) is 5.91 Å². The number of nitrogens with one attached hydrogen (secondary N) is 1. The molecule has 4 nitrogen and oxygen atoms in total. The topological polar surface area (TPSA) is 49.4 Å². The van der Waals surface area contributed by atoms with E-state index in [1.165, 1.54) is 25.0 Å². The third-order valence-electron chi connectivity index (χ3n) is 5.75. The standard InChI is InChI=1S/C23H25FN2O2/c24-20-11-8-17(9-12-20)21-13-10-19(22(27)25-14-16-6-7-16)15-26(21)23(28)18-4-2-1-3-5-18/h1-5,8-9,11-12,16,19,21H,6-7,10,13-15H2,(H,25,27). The van der Waals surface area contributed by atoms with Gasteiger partial charge >= 0.3 is 0 Å². The van der Waals surface area contributed by atoms with Crippen LogP contribution < -0.4 is 5.32 Å². The Morgan fingerprint density at radius 3 is 2.36 bits per heavy atom. The Kier molecular flexibility index (Phi) is 5.42. The molecule has 28 heavy (non-hydrogen) atoms. The van der Waals surface area contributed by atoms with E-state index in [-0.39, 0.29) is 29.6 Å². The molecule has 2 amide bonds. The molecule has 5 heteroatoms. The monoisotopic (exact) mass is 380 g/mol. The van der Waals surface area contributed by atoms with Crippen molar-refractivity contribution in [2.24, 2.45) is 11.8 Å². The van der Waals surface area contributed by atoms with Crippen LogP contribution in [0.25, 0.3) is 0 Å². The second-order valence-electron chi connectivity index (χ2n) is 7.85. The van der Waals surface area contributed by atoms with E-state index in [1.54, 1.807) is 29.2 Å². The van der Waals surface area contributed by atoms with Crippen LogP contribution >= 0.6 is 0 Å². The van der Waals surface area contributed by atoms with Crippen molar-refractivity contribution in [1.29, 1.82) is 0 Å². The van der Waals surface area contributed by atoms with Gasteiger partial charge in [-0.25, -0.2) is 4.39 Å². The molecule has 2 aromatic rings. The van der Waals surface area contributed by atoms with Gasteiger partial charge in [-0.2, -0.15) is 0 Å². The van der Waals surface area contributed by atoms with Crippen LogP contribution in [0.4, 0.5) is 4.39 Å². The maximum atomic E-state index is 13.4. The molecule has 1 aliphatic heterocycles. The summed E-state index contributed by atoms with van der Waals surface area (Å²) in [6.07, 6.45) is 3.79. The van der Waals surface area contributed by atoms with Crippen LogP contribution in [0.1, 0.15) is 47.6 Å². The number of amides is 2. The molecular formula is C23H25FN2O2. The molecule has 1 heterocycles. The SMILES string of the molecule is O=C(NCC1CC1)C1CCC(c2ccc(F)cc2)N(C(=O)c2ccccc2)C1. The smallest absolute Gasteiger partial charge is 0.254 e. The number of halogens is 1. The van der Waals surface area contributed by atoms with Crippen molar-refractivity contribution in [3.05, 3.63) is 71.5 Å². The van der Waals surface area contributed by atoms with Gasteiger partial charge in [0, 0.05) is 18.7 Å². The van der Waals surface area contributed by atoms with Gasteiger partial charge in [0.1, 0.15) is 5.82 Å². The molecule has 0 bridgehead atoms. The number of carbonyl (C=O) groups excluding carboxylic acids is 2. The Balaban J connectivity index is 1.55. The Morgan fingerprint density at radius 1 is 0.964 bits per heavy atom. The molecule has 1 saturated heterocycles. The van der Waals surface area contributed by atoms with Gasteiger partial charge in [-0.1, -0.05) is 30.3 Å². The minimum absolute atomic E-state index is 0.0373. The molecule has 2 aliphatic rings. The molecular weight excluding hydrogens is 355 g/mol. The van der Waals surface area contributed by atoms with Crippen LogP contribution in [0.3, 0.4) is 0 Å². The van der Waals surface area contributed by atoms with Crippen molar-refractivity contribution >= 4 is 11.8 Å². The fraction of sp³-hybridized carbons (Fsp3) is 0.391. The van der Waals surface area contributed by atoms with Gasteiger partial charge in [-0.15, -0.1) is 0 Å². The van der Waals surface area contributed by atoms with E-state index in [2.05, 4.69) is 5.32 Å². The summed E-state index contributed by atoms with van der Waals surface area (Å²) in [5.41, 5.74) is 1.51. The van der Waals surface area contributed by atoms with E-state index in [0.717, 1.165) is 18.5 Å². The van der Waals surface area contributed by atoms with Crippen molar-refractivity contribution in [2.75, 3.05) is 13.1 Å². The van der Waals surface area contributed by atoms with Crippen molar-refractivity contribution < 1.29 is 14.0 Å². The highest BCUT2D eigenvalue weighted by Gasteiger charge is 2.36. The fourth-order valence-electron chi connectivity index (χ4n) is 3.90. The first kappa shape index (κ1) is 18.7. The molecule has 146 valence electrons. The summed E-state index contributed by atoms with van der Waals surface area (Å²) < 4.78 is 13.4. The average Bonchev–Trinajstić information content (AvgIpc) is 3.57.